The number of carbonyl (C=O) groups is 1. The number of rotatable bonds is 3. The third-order valence-corrected chi connectivity index (χ3v) is 4.47. The molecular weight excluding hydrogens is 242 g/mol. The van der Waals surface area contributed by atoms with Crippen molar-refractivity contribution in [3.63, 3.8) is 0 Å². The summed E-state index contributed by atoms with van der Waals surface area (Å²) in [5.41, 5.74) is 5.72. The van der Waals surface area contributed by atoms with Crippen LogP contribution in [-0.4, -0.2) is 34.4 Å². The third-order valence-electron chi connectivity index (χ3n) is 4.47. The molecule has 3 N–H and O–H groups in total. The Morgan fingerprint density at radius 1 is 1.16 bits per heavy atom. The van der Waals surface area contributed by atoms with E-state index in [9.17, 15) is 4.79 Å². The smallest absolute Gasteiger partial charge is 0.223 e. The van der Waals surface area contributed by atoms with Gasteiger partial charge < -0.3 is 15.8 Å². The molecule has 0 aromatic heterocycles. The van der Waals surface area contributed by atoms with Gasteiger partial charge in [0.05, 0.1) is 6.04 Å². The lowest BCUT2D eigenvalue weighted by Gasteiger charge is -2.36. The van der Waals surface area contributed by atoms with Crippen LogP contribution in [0.25, 0.3) is 0 Å². The first kappa shape index (κ1) is 14.2. The fourth-order valence-electron chi connectivity index (χ4n) is 3.36. The van der Waals surface area contributed by atoms with E-state index in [0.29, 0.717) is 12.3 Å². The number of amides is 1. The summed E-state index contributed by atoms with van der Waals surface area (Å²) in [6.07, 6.45) is 9.66. The van der Waals surface area contributed by atoms with Gasteiger partial charge in [-0.15, -0.1) is 0 Å². The second-order valence-electron chi connectivity index (χ2n) is 5.83. The molecule has 19 heavy (non-hydrogen) atoms. The summed E-state index contributed by atoms with van der Waals surface area (Å²) in [4.78, 5) is 14.3. The molecular formula is C14H25N3O2. The quantitative estimate of drug-likeness (QED) is 0.355. The summed E-state index contributed by atoms with van der Waals surface area (Å²) in [6, 6.07) is -0.199. The van der Waals surface area contributed by atoms with Gasteiger partial charge in [-0.2, -0.15) is 0 Å². The highest BCUT2D eigenvalue weighted by Crippen LogP contribution is 2.28. The van der Waals surface area contributed by atoms with Gasteiger partial charge in [0.15, 0.2) is 5.84 Å². The predicted octanol–water partition coefficient (Wildman–Crippen LogP) is 2.08. The third kappa shape index (κ3) is 3.61. The van der Waals surface area contributed by atoms with Gasteiger partial charge in [-0.05, 0) is 38.0 Å². The Bertz CT molecular complexity index is 338. The van der Waals surface area contributed by atoms with Crippen LogP contribution >= 0.6 is 0 Å². The van der Waals surface area contributed by atoms with Crippen molar-refractivity contribution in [2.24, 2.45) is 16.8 Å². The molecule has 2 rings (SSSR count). The van der Waals surface area contributed by atoms with Crippen LogP contribution in [0.5, 0.6) is 0 Å². The molecule has 1 saturated heterocycles. The molecule has 5 nitrogen and oxygen atoms in total. The summed E-state index contributed by atoms with van der Waals surface area (Å²) in [5.74, 6) is 0.899. The van der Waals surface area contributed by atoms with Crippen LogP contribution in [0, 0.1) is 5.92 Å². The Morgan fingerprint density at radius 2 is 1.84 bits per heavy atom. The van der Waals surface area contributed by atoms with Gasteiger partial charge in [0, 0.05) is 13.0 Å². The Kier molecular flexibility index (Phi) is 5.05. The van der Waals surface area contributed by atoms with E-state index in [2.05, 4.69) is 5.16 Å². The van der Waals surface area contributed by atoms with Gasteiger partial charge in [0.25, 0.3) is 0 Å². The van der Waals surface area contributed by atoms with Gasteiger partial charge in [0.2, 0.25) is 5.91 Å². The van der Waals surface area contributed by atoms with Gasteiger partial charge >= 0.3 is 0 Å². The zero-order valence-electron chi connectivity index (χ0n) is 11.6. The molecule has 5 heteroatoms. The number of likely N-dealkylation sites (tertiary alicyclic amines) is 1. The van der Waals surface area contributed by atoms with Crippen molar-refractivity contribution < 1.29 is 10.0 Å². The zero-order valence-corrected chi connectivity index (χ0v) is 11.6. The number of hydrogen-bond donors (Lipinski definition) is 2. The van der Waals surface area contributed by atoms with Gasteiger partial charge in [-0.3, -0.25) is 4.79 Å². The molecule has 2 fully saturated rings. The molecule has 108 valence electrons. The van der Waals surface area contributed by atoms with Gasteiger partial charge in [0.1, 0.15) is 0 Å². The lowest BCUT2D eigenvalue weighted by Crippen LogP contribution is -2.51. The molecule has 1 unspecified atom stereocenters. The molecule has 0 aromatic carbocycles. The maximum absolute atomic E-state index is 12.4. The van der Waals surface area contributed by atoms with Gasteiger partial charge in [-0.25, -0.2) is 0 Å². The second-order valence-corrected chi connectivity index (χ2v) is 5.83. The minimum atomic E-state index is -0.199. The molecule has 1 saturated carbocycles. The van der Waals surface area contributed by atoms with Gasteiger partial charge in [-0.1, -0.05) is 24.4 Å². The van der Waals surface area contributed by atoms with Crippen LogP contribution in [0.15, 0.2) is 5.16 Å². The van der Waals surface area contributed by atoms with E-state index in [1.54, 1.807) is 0 Å². The van der Waals surface area contributed by atoms with Crippen LogP contribution in [0.3, 0.4) is 0 Å². The van der Waals surface area contributed by atoms with Crippen molar-refractivity contribution in [2.75, 3.05) is 6.54 Å². The maximum Gasteiger partial charge on any atom is 0.223 e. The molecule has 1 amide bonds. The fourth-order valence-corrected chi connectivity index (χ4v) is 3.36. The van der Waals surface area contributed by atoms with E-state index < -0.39 is 0 Å². The van der Waals surface area contributed by atoms with Crippen LogP contribution in [0.2, 0.25) is 0 Å². The second kappa shape index (κ2) is 6.78. The zero-order chi connectivity index (χ0) is 13.7. The number of nitrogens with zero attached hydrogens (tertiary/aromatic N) is 2. The van der Waals surface area contributed by atoms with E-state index in [1.807, 2.05) is 4.90 Å². The Labute approximate surface area is 114 Å². The molecule has 0 aromatic rings. The normalized spacial score (nSPS) is 26.4. The van der Waals surface area contributed by atoms with E-state index in [4.69, 9.17) is 10.9 Å². The molecule has 1 aliphatic heterocycles. The largest absolute Gasteiger partial charge is 0.409 e. The topological polar surface area (TPSA) is 78.9 Å². The lowest BCUT2D eigenvalue weighted by atomic mass is 9.86. The fraction of sp³-hybridized carbons (Fsp3) is 0.857. The Hall–Kier alpha value is -1.26. The summed E-state index contributed by atoms with van der Waals surface area (Å²) >= 11 is 0. The van der Waals surface area contributed by atoms with Crippen molar-refractivity contribution in [1.82, 2.24) is 4.90 Å². The first-order valence-corrected chi connectivity index (χ1v) is 7.49. The first-order chi connectivity index (χ1) is 9.22. The summed E-state index contributed by atoms with van der Waals surface area (Å²) in [6.45, 7) is 0.742. The molecule has 2 aliphatic rings. The molecule has 1 heterocycles. The van der Waals surface area contributed by atoms with Crippen LogP contribution in [-0.2, 0) is 4.79 Å². The van der Waals surface area contributed by atoms with E-state index >= 15 is 0 Å². The minimum absolute atomic E-state index is 0.177. The number of amidine groups is 1. The molecule has 0 bridgehead atoms. The van der Waals surface area contributed by atoms with Crippen molar-refractivity contribution in [3.05, 3.63) is 0 Å². The number of oxime groups is 1. The number of carbonyl (C=O) groups excluding carboxylic acids is 1. The van der Waals surface area contributed by atoms with Crippen molar-refractivity contribution in [1.29, 1.82) is 0 Å². The van der Waals surface area contributed by atoms with Crippen LogP contribution in [0.1, 0.15) is 57.8 Å². The predicted molar refractivity (Wildman–Crippen MR) is 74.0 cm³/mol. The Morgan fingerprint density at radius 3 is 2.53 bits per heavy atom. The molecule has 0 spiro atoms. The first-order valence-electron chi connectivity index (χ1n) is 7.49. The Balaban J connectivity index is 1.94. The number of piperidine rings is 1. The summed E-state index contributed by atoms with van der Waals surface area (Å²) in [7, 11) is 0. The maximum atomic E-state index is 12.4. The number of nitrogens with two attached hydrogens (primary N) is 1. The van der Waals surface area contributed by atoms with E-state index in [-0.39, 0.29) is 17.8 Å². The van der Waals surface area contributed by atoms with E-state index in [1.165, 1.54) is 32.1 Å². The highest BCUT2D eigenvalue weighted by molar-refractivity contribution is 5.90. The van der Waals surface area contributed by atoms with Crippen LogP contribution in [0.4, 0.5) is 0 Å². The monoisotopic (exact) mass is 267 g/mol. The lowest BCUT2D eigenvalue weighted by molar-refractivity contribution is -0.134. The highest BCUT2D eigenvalue weighted by Gasteiger charge is 2.31. The summed E-state index contributed by atoms with van der Waals surface area (Å²) in [5, 5.41) is 11.9. The van der Waals surface area contributed by atoms with Crippen molar-refractivity contribution in [2.45, 2.75) is 63.8 Å². The average molecular weight is 267 g/mol. The number of hydrogen-bond acceptors (Lipinski definition) is 3. The van der Waals surface area contributed by atoms with Crippen molar-refractivity contribution in [3.8, 4) is 0 Å². The van der Waals surface area contributed by atoms with E-state index in [0.717, 1.165) is 25.8 Å². The summed E-state index contributed by atoms with van der Waals surface area (Å²) < 4.78 is 0. The van der Waals surface area contributed by atoms with Crippen LogP contribution < -0.4 is 5.73 Å². The molecule has 1 atom stereocenters. The van der Waals surface area contributed by atoms with Crippen molar-refractivity contribution >= 4 is 11.7 Å². The SMILES string of the molecule is NC(=NO)C1CCCCN1C(=O)CC1CCCCC1. The molecule has 0 radical (unpaired) electrons. The highest BCUT2D eigenvalue weighted by atomic mass is 16.4. The average Bonchev–Trinajstić information content (AvgIpc) is 2.47. The standard InChI is InChI=1S/C14H25N3O2/c15-14(16-19)12-8-4-5-9-17(12)13(18)10-11-6-2-1-3-7-11/h11-12,19H,1-10H2,(H2,15,16). The minimum Gasteiger partial charge on any atom is -0.409 e. The molecule has 1 aliphatic carbocycles.